The Morgan fingerprint density at radius 3 is 2.78 bits per heavy atom. The zero-order valence-electron chi connectivity index (χ0n) is 8.98. The lowest BCUT2D eigenvalue weighted by molar-refractivity contribution is 0.0697. The van der Waals surface area contributed by atoms with Gasteiger partial charge in [0, 0.05) is 6.07 Å². The monoisotopic (exact) mass is 249 g/mol. The molecule has 0 saturated carbocycles. The summed E-state index contributed by atoms with van der Waals surface area (Å²) in [5.74, 6) is -2.01. The lowest BCUT2D eigenvalue weighted by Crippen LogP contribution is -2.15. The Morgan fingerprint density at radius 2 is 2.11 bits per heavy atom. The van der Waals surface area contributed by atoms with Gasteiger partial charge in [-0.3, -0.25) is 4.79 Å². The molecule has 0 aliphatic heterocycles. The third kappa shape index (κ3) is 2.34. The molecule has 0 spiro atoms. The van der Waals surface area contributed by atoms with E-state index in [0.717, 1.165) is 6.07 Å². The first-order valence-corrected chi connectivity index (χ1v) is 4.92. The van der Waals surface area contributed by atoms with Crippen molar-refractivity contribution in [3.8, 4) is 0 Å². The zero-order valence-corrected chi connectivity index (χ0v) is 8.98. The summed E-state index contributed by atoms with van der Waals surface area (Å²) < 4.78 is 13.4. The molecular weight excluding hydrogens is 241 g/mol. The standard InChI is InChI=1S/C11H8FN3O3/c12-7-3-1-2-4-8(7)13-10-6(11(17)18)5-9(16)14-15-10/h1-5H,(H,13,15)(H,14,16)(H,17,18). The summed E-state index contributed by atoms with van der Waals surface area (Å²) in [6.45, 7) is 0. The number of carboxylic acids is 1. The Morgan fingerprint density at radius 1 is 1.39 bits per heavy atom. The Kier molecular flexibility index (Phi) is 3.05. The van der Waals surface area contributed by atoms with Crippen molar-refractivity contribution in [3.05, 3.63) is 52.1 Å². The fourth-order valence-corrected chi connectivity index (χ4v) is 1.35. The van der Waals surface area contributed by atoms with Crippen molar-refractivity contribution in [3.63, 3.8) is 0 Å². The topological polar surface area (TPSA) is 95.1 Å². The lowest BCUT2D eigenvalue weighted by atomic mass is 10.2. The van der Waals surface area contributed by atoms with E-state index in [1.165, 1.54) is 18.2 Å². The van der Waals surface area contributed by atoms with Gasteiger partial charge in [-0.15, -0.1) is 0 Å². The summed E-state index contributed by atoms with van der Waals surface area (Å²) >= 11 is 0. The van der Waals surface area contributed by atoms with Crippen molar-refractivity contribution >= 4 is 17.5 Å². The number of nitrogens with one attached hydrogen (secondary N) is 2. The van der Waals surface area contributed by atoms with Gasteiger partial charge in [-0.25, -0.2) is 14.3 Å². The Bertz CT molecular complexity index is 654. The van der Waals surface area contributed by atoms with Gasteiger partial charge in [-0.2, -0.15) is 5.10 Å². The van der Waals surface area contributed by atoms with E-state index in [1.54, 1.807) is 6.07 Å². The van der Waals surface area contributed by atoms with E-state index in [1.807, 2.05) is 0 Å². The van der Waals surface area contributed by atoms with Gasteiger partial charge in [0.15, 0.2) is 5.82 Å². The average molecular weight is 249 g/mol. The minimum atomic E-state index is -1.33. The second-order valence-corrected chi connectivity index (χ2v) is 3.40. The van der Waals surface area contributed by atoms with Crippen molar-refractivity contribution < 1.29 is 14.3 Å². The molecule has 1 heterocycles. The molecule has 0 amide bonds. The van der Waals surface area contributed by atoms with Gasteiger partial charge in [0.25, 0.3) is 5.56 Å². The van der Waals surface area contributed by atoms with Crippen molar-refractivity contribution in [1.82, 2.24) is 10.2 Å². The zero-order chi connectivity index (χ0) is 13.1. The van der Waals surface area contributed by atoms with Gasteiger partial charge >= 0.3 is 5.97 Å². The van der Waals surface area contributed by atoms with Gasteiger partial charge in [0.1, 0.15) is 11.4 Å². The molecular formula is C11H8FN3O3. The first kappa shape index (κ1) is 11.8. The van der Waals surface area contributed by atoms with Gasteiger partial charge in [-0.1, -0.05) is 12.1 Å². The van der Waals surface area contributed by atoms with Crippen LogP contribution in [0.25, 0.3) is 0 Å². The molecule has 2 aromatic rings. The van der Waals surface area contributed by atoms with E-state index in [4.69, 9.17) is 5.11 Å². The third-order valence-electron chi connectivity index (χ3n) is 2.17. The summed E-state index contributed by atoms with van der Waals surface area (Å²) in [4.78, 5) is 21.9. The number of aromatic carboxylic acids is 1. The maximum atomic E-state index is 13.4. The molecule has 0 aliphatic carbocycles. The molecule has 1 aromatic carbocycles. The summed E-state index contributed by atoms with van der Waals surface area (Å²) in [6, 6.07) is 6.59. The van der Waals surface area contributed by atoms with E-state index >= 15 is 0 Å². The smallest absolute Gasteiger partial charge is 0.339 e. The number of H-pyrrole nitrogens is 1. The predicted octanol–water partition coefficient (Wildman–Crippen LogP) is 1.35. The number of nitrogens with zero attached hydrogens (tertiary/aromatic N) is 1. The first-order valence-electron chi connectivity index (χ1n) is 4.92. The van der Waals surface area contributed by atoms with Crippen LogP contribution in [0, 0.1) is 5.82 Å². The second-order valence-electron chi connectivity index (χ2n) is 3.40. The molecule has 3 N–H and O–H groups in total. The molecule has 0 radical (unpaired) electrons. The molecule has 1 aromatic heterocycles. The predicted molar refractivity (Wildman–Crippen MR) is 61.5 cm³/mol. The van der Waals surface area contributed by atoms with Gasteiger partial charge in [0.2, 0.25) is 0 Å². The molecule has 7 heteroatoms. The van der Waals surface area contributed by atoms with Crippen LogP contribution in [0.2, 0.25) is 0 Å². The maximum absolute atomic E-state index is 13.4. The minimum Gasteiger partial charge on any atom is -0.478 e. The number of rotatable bonds is 3. The fourth-order valence-electron chi connectivity index (χ4n) is 1.35. The van der Waals surface area contributed by atoms with E-state index < -0.39 is 17.3 Å². The molecule has 6 nitrogen and oxygen atoms in total. The van der Waals surface area contributed by atoms with Crippen LogP contribution in [-0.2, 0) is 0 Å². The number of carboxylic acid groups (broad SMARTS) is 1. The number of aromatic amines is 1. The highest BCUT2D eigenvalue weighted by atomic mass is 19.1. The molecule has 0 fully saturated rings. The minimum absolute atomic E-state index is 0.0690. The molecule has 2 rings (SSSR count). The Balaban J connectivity index is 2.44. The lowest BCUT2D eigenvalue weighted by Gasteiger charge is -2.07. The van der Waals surface area contributed by atoms with Crippen molar-refractivity contribution in [1.29, 1.82) is 0 Å². The molecule has 18 heavy (non-hydrogen) atoms. The summed E-state index contributed by atoms with van der Waals surface area (Å²) in [6.07, 6.45) is 0. The Hall–Kier alpha value is -2.70. The third-order valence-corrected chi connectivity index (χ3v) is 2.17. The van der Waals surface area contributed by atoms with Crippen LogP contribution in [0.1, 0.15) is 10.4 Å². The van der Waals surface area contributed by atoms with Crippen LogP contribution in [0.15, 0.2) is 35.1 Å². The van der Waals surface area contributed by atoms with Crippen LogP contribution >= 0.6 is 0 Å². The van der Waals surface area contributed by atoms with E-state index in [0.29, 0.717) is 0 Å². The highest BCUT2D eigenvalue weighted by molar-refractivity contribution is 5.93. The summed E-state index contributed by atoms with van der Waals surface area (Å²) in [5.41, 5.74) is -0.909. The number of hydrogen-bond acceptors (Lipinski definition) is 4. The Labute approximate surface area is 100 Å². The average Bonchev–Trinajstić information content (AvgIpc) is 2.34. The summed E-state index contributed by atoms with van der Waals surface area (Å²) in [7, 11) is 0. The van der Waals surface area contributed by atoms with Crippen molar-refractivity contribution in [2.75, 3.05) is 5.32 Å². The summed E-state index contributed by atoms with van der Waals surface area (Å²) in [5, 5.41) is 17.0. The van der Waals surface area contributed by atoms with E-state index in [2.05, 4.69) is 15.5 Å². The van der Waals surface area contributed by atoms with E-state index in [-0.39, 0.29) is 17.1 Å². The molecule has 0 aliphatic rings. The van der Waals surface area contributed by atoms with Crippen molar-refractivity contribution in [2.24, 2.45) is 0 Å². The van der Waals surface area contributed by atoms with Crippen LogP contribution in [-0.4, -0.2) is 21.3 Å². The van der Waals surface area contributed by atoms with E-state index in [9.17, 15) is 14.0 Å². The number of carbonyl (C=O) groups is 1. The van der Waals surface area contributed by atoms with Crippen LogP contribution in [0.3, 0.4) is 0 Å². The quantitative estimate of drug-likeness (QED) is 0.763. The first-order chi connectivity index (χ1) is 8.58. The SMILES string of the molecule is O=C(O)c1cc(=O)[nH]nc1Nc1ccccc1F. The van der Waals surface area contributed by atoms with Crippen LogP contribution < -0.4 is 10.9 Å². The largest absolute Gasteiger partial charge is 0.478 e. The highest BCUT2D eigenvalue weighted by Crippen LogP contribution is 2.19. The molecule has 0 saturated heterocycles. The van der Waals surface area contributed by atoms with Crippen LogP contribution in [0.4, 0.5) is 15.9 Å². The fraction of sp³-hybridized carbons (Fsp3) is 0. The number of halogens is 1. The number of aromatic nitrogens is 2. The van der Waals surface area contributed by atoms with Crippen molar-refractivity contribution in [2.45, 2.75) is 0 Å². The number of benzene rings is 1. The van der Waals surface area contributed by atoms with Gasteiger partial charge in [-0.05, 0) is 12.1 Å². The van der Waals surface area contributed by atoms with Crippen LogP contribution in [0.5, 0.6) is 0 Å². The normalized spacial score (nSPS) is 10.1. The second kappa shape index (κ2) is 4.66. The number of anilines is 2. The number of para-hydroxylation sites is 1. The molecule has 92 valence electrons. The number of hydrogen-bond donors (Lipinski definition) is 3. The van der Waals surface area contributed by atoms with Gasteiger partial charge in [0.05, 0.1) is 5.69 Å². The highest BCUT2D eigenvalue weighted by Gasteiger charge is 2.13. The van der Waals surface area contributed by atoms with Gasteiger partial charge < -0.3 is 10.4 Å². The molecule has 0 bridgehead atoms. The molecule has 0 unspecified atom stereocenters. The maximum Gasteiger partial charge on any atom is 0.339 e. The molecule has 0 atom stereocenters.